The van der Waals surface area contributed by atoms with Gasteiger partial charge in [0, 0.05) is 81.8 Å². The number of carbonyl (C=O) groups is 10. The van der Waals surface area contributed by atoms with Crippen molar-refractivity contribution in [3.63, 3.8) is 0 Å². The highest BCUT2D eigenvalue weighted by Crippen LogP contribution is 2.32. The van der Waals surface area contributed by atoms with Gasteiger partial charge in [0.1, 0.15) is 47.0 Å². The zero-order valence-corrected chi connectivity index (χ0v) is 60.9. The molecule has 4 aromatic carbocycles. The lowest BCUT2D eigenvalue weighted by Gasteiger charge is -2.37. The molecule has 11 atom stereocenters. The number of nitrogens with one attached hydrogen (secondary N) is 6. The number of hydrogen-bond donors (Lipinski definition) is 7. The van der Waals surface area contributed by atoms with Crippen molar-refractivity contribution in [2.45, 2.75) is 178 Å². The van der Waals surface area contributed by atoms with Crippen LogP contribution in [0.2, 0.25) is 0 Å². The maximum Gasteiger partial charge on any atom is 0.246 e. The van der Waals surface area contributed by atoms with Crippen LogP contribution in [-0.4, -0.2) is 171 Å². The van der Waals surface area contributed by atoms with Crippen molar-refractivity contribution in [3.05, 3.63) is 125 Å². The number of nitrogens with two attached hydrogens (primary N) is 1. The van der Waals surface area contributed by atoms with Crippen molar-refractivity contribution < 1.29 is 71.6 Å². The van der Waals surface area contributed by atoms with Gasteiger partial charge in [-0.1, -0.05) is 88.4 Å². The number of carbonyl (C=O) groups excluding carboxylic acids is 10. The molecule has 6 rings (SSSR count). The molecule has 0 unspecified atom stereocenters. The molecule has 4 aromatic rings. The Bertz CT molecular complexity index is 3380. The number of thioether (sulfide) groups is 2. The highest BCUT2D eigenvalue weighted by molar-refractivity contribution is 7.98. The fourth-order valence-corrected chi connectivity index (χ4v) is 14.1. The average Bonchev–Trinajstić information content (AvgIpc) is 1.67. The fraction of sp³-hybridized carbons (Fsp3) is 0.541. The summed E-state index contributed by atoms with van der Waals surface area (Å²) < 4.78 is 27.7. The molecule has 1 fully saturated rings. The lowest BCUT2D eigenvalue weighted by Crippen LogP contribution is -2.62. The predicted octanol–water partition coefficient (Wildman–Crippen LogP) is 6.40. The van der Waals surface area contributed by atoms with Crippen LogP contribution < -0.4 is 51.8 Å². The standard InChI is InChI=1S/C74H102N8O15S2/c1-44(2)33-58-63(83)39-53(36-48-17-23-54(95-10)24-18-48)68(87)78-60(37-49-19-25-55(96-11)26-20-49)70(89)76-59(34-45(3)4)64(84)40-57(46(5)93-8)69(88)79-61(38-50-21-27-56(97-12)28-22-50)72(91)82-31-14-30-74(82,7)73(92)80-62(67(75)86)43-99-42-52-16-13-15-51(35-52)41-98-32-29-65(85)81-66(47(6)94-9)71(90)77-58/h13,15-28,35,44-47,53,57-62,66H,14,29-34,36-43H2,1-12H3,(H2,75,86)(H,76,89)(H,77,90)(H,78,87)(H,79,88)(H,80,92)(H,81,85)/t46-,47-,53-,57+,58+,59+,60+,61+,62+,66+,74+/m1/s1. The van der Waals surface area contributed by atoms with Gasteiger partial charge >= 0.3 is 0 Å². The summed E-state index contributed by atoms with van der Waals surface area (Å²) in [4.78, 5) is 148. The first kappa shape index (κ1) is 80.0. The monoisotopic (exact) mass is 1410 g/mol. The summed E-state index contributed by atoms with van der Waals surface area (Å²) in [6, 6.07) is 21.3. The van der Waals surface area contributed by atoms with Gasteiger partial charge in [-0.15, -0.1) is 0 Å². The summed E-state index contributed by atoms with van der Waals surface area (Å²) in [5.74, 6) is -5.79. The lowest BCUT2D eigenvalue weighted by molar-refractivity contribution is -0.148. The van der Waals surface area contributed by atoms with E-state index < -0.39 is 137 Å². The summed E-state index contributed by atoms with van der Waals surface area (Å²) >= 11 is 2.89. The Balaban J connectivity index is 1.41. The molecule has 1 saturated heterocycles. The van der Waals surface area contributed by atoms with E-state index in [-0.39, 0.29) is 69.1 Å². The molecule has 8 N–H and O–H groups in total. The van der Waals surface area contributed by atoms with Gasteiger partial charge in [0.05, 0.1) is 51.5 Å². The molecule has 540 valence electrons. The average molecular weight is 1410 g/mol. The molecule has 0 radical (unpaired) electrons. The van der Waals surface area contributed by atoms with E-state index in [0.29, 0.717) is 57.6 Å². The molecule has 0 aliphatic carbocycles. The van der Waals surface area contributed by atoms with Crippen molar-refractivity contribution >= 4 is 82.3 Å². The molecule has 2 aliphatic heterocycles. The van der Waals surface area contributed by atoms with Crippen LogP contribution in [0.3, 0.4) is 0 Å². The first-order valence-corrected chi connectivity index (χ1v) is 36.2. The first-order valence-electron chi connectivity index (χ1n) is 33.8. The Labute approximate surface area is 591 Å². The van der Waals surface area contributed by atoms with E-state index in [1.54, 1.807) is 93.6 Å². The van der Waals surface area contributed by atoms with Crippen molar-refractivity contribution in [2.24, 2.45) is 29.4 Å². The lowest BCUT2D eigenvalue weighted by atomic mass is 9.88. The van der Waals surface area contributed by atoms with E-state index in [9.17, 15) is 24.0 Å². The fourth-order valence-electron chi connectivity index (χ4n) is 12.2. The molecule has 25 heteroatoms. The minimum Gasteiger partial charge on any atom is -0.497 e. The number of nitrogens with zero attached hydrogens (tertiary/aromatic N) is 1. The van der Waals surface area contributed by atoms with E-state index in [4.69, 9.17) is 29.4 Å². The number of hydrogen-bond acceptors (Lipinski definition) is 17. The van der Waals surface area contributed by atoms with Crippen LogP contribution in [0.4, 0.5) is 0 Å². The zero-order valence-electron chi connectivity index (χ0n) is 59.2. The number of ketones is 2. The van der Waals surface area contributed by atoms with Crippen molar-refractivity contribution in [1.82, 2.24) is 36.8 Å². The third-order valence-corrected chi connectivity index (χ3v) is 20.3. The summed E-state index contributed by atoms with van der Waals surface area (Å²) in [7, 11) is 7.35. The molecule has 99 heavy (non-hydrogen) atoms. The molecule has 23 nitrogen and oxygen atoms in total. The van der Waals surface area contributed by atoms with Gasteiger partial charge in [-0.25, -0.2) is 0 Å². The van der Waals surface area contributed by atoms with Crippen LogP contribution in [-0.2, 0) is 88.2 Å². The minimum absolute atomic E-state index is 0.00883. The van der Waals surface area contributed by atoms with E-state index in [0.717, 1.165) is 11.1 Å². The van der Waals surface area contributed by atoms with E-state index in [1.807, 2.05) is 52.0 Å². The Kier molecular flexibility index (Phi) is 31.6. The summed E-state index contributed by atoms with van der Waals surface area (Å²) in [5, 5.41) is 17.4. The van der Waals surface area contributed by atoms with Gasteiger partial charge in [0.2, 0.25) is 47.3 Å². The highest BCUT2D eigenvalue weighted by Gasteiger charge is 2.49. The Morgan fingerprint density at radius 3 is 1.57 bits per heavy atom. The van der Waals surface area contributed by atoms with Crippen molar-refractivity contribution in [3.8, 4) is 17.2 Å². The van der Waals surface area contributed by atoms with Crippen molar-refractivity contribution in [1.29, 1.82) is 0 Å². The number of benzene rings is 4. The van der Waals surface area contributed by atoms with E-state index in [1.165, 1.54) is 64.0 Å². The highest BCUT2D eigenvalue weighted by atomic mass is 32.2. The molecule has 2 aliphatic rings. The topological polar surface area (TPSA) is 318 Å². The molecule has 0 spiro atoms. The number of amides is 8. The normalized spacial score (nSPS) is 24.4. The quantitative estimate of drug-likeness (QED) is 0.0567. The molecule has 0 aromatic heterocycles. The SMILES string of the molecule is COc1ccc(C[C@@H]2CC(=O)[C@H](CC(C)C)NC(=O)[C@H]([C@@H](C)OC)NC(=O)CCSCc3cccc(c3)CSC[C@@H](C(N)=O)NC(=O)[C@]3(C)CCCN3C(=O)[C@H](Cc3ccc(OC)cc3)NC(=O)[C@H]([C@@H](C)OC)CC(=O)[C@H](CC(C)C)NC(=O)[C@H](Cc3ccc(OC)cc3)NC2=O)cc1. The third-order valence-electron chi connectivity index (χ3n) is 18.2. The van der Waals surface area contributed by atoms with Crippen LogP contribution >= 0.6 is 23.5 Å². The number of Topliss-reactive ketones (excluding diaryl/α,β-unsaturated/α-hetero) is 2. The molecular weight excluding hydrogens is 1300 g/mol. The first-order chi connectivity index (χ1) is 47.2. The summed E-state index contributed by atoms with van der Waals surface area (Å²) in [6.07, 6.45) is -1.80. The second-order valence-corrected chi connectivity index (χ2v) is 28.8. The van der Waals surface area contributed by atoms with Gasteiger partial charge < -0.3 is 66.2 Å². The van der Waals surface area contributed by atoms with Crippen LogP contribution in [0.25, 0.3) is 0 Å². The van der Waals surface area contributed by atoms with Crippen LogP contribution in [0.1, 0.15) is 121 Å². The minimum atomic E-state index is -1.49. The number of methoxy groups -OCH3 is 5. The summed E-state index contributed by atoms with van der Waals surface area (Å²) in [6.45, 7) is 12.5. The maximum absolute atomic E-state index is 15.3. The molecule has 0 saturated carbocycles. The van der Waals surface area contributed by atoms with Crippen LogP contribution in [0, 0.1) is 23.7 Å². The summed E-state index contributed by atoms with van der Waals surface area (Å²) in [5.41, 5.74) is 8.26. The number of ether oxygens (including phenoxy) is 5. The Morgan fingerprint density at radius 1 is 0.566 bits per heavy atom. The van der Waals surface area contributed by atoms with Crippen LogP contribution in [0.15, 0.2) is 97.1 Å². The Hall–Kier alpha value is -8.00. The van der Waals surface area contributed by atoms with Crippen LogP contribution in [0.5, 0.6) is 17.2 Å². The third kappa shape index (κ3) is 24.1. The smallest absolute Gasteiger partial charge is 0.246 e. The van der Waals surface area contributed by atoms with Gasteiger partial charge in [-0.3, -0.25) is 47.9 Å². The van der Waals surface area contributed by atoms with Gasteiger partial charge in [-0.2, -0.15) is 23.5 Å². The molecule has 8 amide bonds. The van der Waals surface area contributed by atoms with Gasteiger partial charge in [0.25, 0.3) is 0 Å². The van der Waals surface area contributed by atoms with Gasteiger partial charge in [0.15, 0.2) is 11.6 Å². The van der Waals surface area contributed by atoms with E-state index in [2.05, 4.69) is 31.9 Å². The Morgan fingerprint density at radius 2 is 1.05 bits per heavy atom. The van der Waals surface area contributed by atoms with Gasteiger partial charge in [-0.05, 0) is 129 Å². The zero-order chi connectivity index (χ0) is 72.5. The van der Waals surface area contributed by atoms with E-state index >= 15 is 24.0 Å². The second kappa shape index (κ2) is 39.1. The molecular formula is C74H102N8O15S2. The predicted molar refractivity (Wildman–Crippen MR) is 382 cm³/mol. The number of primary amides is 1. The number of rotatable bonds is 18. The second-order valence-electron chi connectivity index (χ2n) is 26.7. The molecule has 2 heterocycles. The molecule has 2 bridgehead atoms. The maximum atomic E-state index is 15.3. The van der Waals surface area contributed by atoms with Crippen molar-refractivity contribution in [2.75, 3.05) is 53.6 Å². The number of fused-ring (bicyclic) bond motifs is 3. The largest absolute Gasteiger partial charge is 0.497 e.